The fraction of sp³-hybridized carbons (Fsp3) is 0.909. The van der Waals surface area contributed by atoms with Crippen LogP contribution in [0.3, 0.4) is 0 Å². The molecule has 0 aromatic carbocycles. The van der Waals surface area contributed by atoms with Gasteiger partial charge < -0.3 is 5.32 Å². The average Bonchev–Trinajstić information content (AvgIpc) is 2.57. The molecule has 1 amide bonds. The first kappa shape index (κ1) is 9.04. The highest BCUT2D eigenvalue weighted by Gasteiger charge is 2.52. The van der Waals surface area contributed by atoms with Crippen LogP contribution in [0.15, 0.2) is 0 Å². The summed E-state index contributed by atoms with van der Waals surface area (Å²) in [6.45, 7) is 6.62. The molecular weight excluding hydrogens is 162 g/mol. The van der Waals surface area contributed by atoms with Crippen LogP contribution >= 0.6 is 0 Å². The first-order chi connectivity index (χ1) is 5.90. The molecule has 1 aliphatic heterocycles. The van der Waals surface area contributed by atoms with Gasteiger partial charge in [-0.25, -0.2) is 0 Å². The topological polar surface area (TPSA) is 29.1 Å². The van der Waals surface area contributed by atoms with Crippen LogP contribution < -0.4 is 5.32 Å². The van der Waals surface area contributed by atoms with Crippen molar-refractivity contribution in [1.29, 1.82) is 0 Å². The van der Waals surface area contributed by atoms with Crippen molar-refractivity contribution in [3.8, 4) is 0 Å². The van der Waals surface area contributed by atoms with E-state index in [0.717, 1.165) is 12.8 Å². The molecule has 2 fully saturated rings. The average molecular weight is 181 g/mol. The quantitative estimate of drug-likeness (QED) is 0.659. The van der Waals surface area contributed by atoms with Gasteiger partial charge in [-0.2, -0.15) is 0 Å². The number of carbonyl (C=O) groups excluding carboxylic acids is 1. The number of rotatable bonds is 1. The Morgan fingerprint density at radius 3 is 2.46 bits per heavy atom. The fourth-order valence-corrected chi connectivity index (χ4v) is 2.36. The summed E-state index contributed by atoms with van der Waals surface area (Å²) < 4.78 is 0. The first-order valence-electron chi connectivity index (χ1n) is 5.22. The predicted molar refractivity (Wildman–Crippen MR) is 52.3 cm³/mol. The molecule has 13 heavy (non-hydrogen) atoms. The van der Waals surface area contributed by atoms with E-state index < -0.39 is 0 Å². The third kappa shape index (κ3) is 1.87. The van der Waals surface area contributed by atoms with Crippen LogP contribution in [0.5, 0.6) is 0 Å². The van der Waals surface area contributed by atoms with Crippen LogP contribution in [0, 0.1) is 11.3 Å². The van der Waals surface area contributed by atoms with E-state index >= 15 is 0 Å². The number of hydrogen-bond acceptors (Lipinski definition) is 1. The highest BCUT2D eigenvalue weighted by atomic mass is 16.2. The van der Waals surface area contributed by atoms with Gasteiger partial charge in [0.25, 0.3) is 0 Å². The largest absolute Gasteiger partial charge is 0.350 e. The molecule has 1 unspecified atom stereocenters. The molecule has 0 radical (unpaired) electrons. The third-order valence-corrected chi connectivity index (χ3v) is 3.11. The van der Waals surface area contributed by atoms with E-state index in [1.54, 1.807) is 0 Å². The summed E-state index contributed by atoms with van der Waals surface area (Å²) in [6, 6.07) is 0. The van der Waals surface area contributed by atoms with E-state index in [2.05, 4.69) is 26.1 Å². The van der Waals surface area contributed by atoms with E-state index in [-0.39, 0.29) is 16.9 Å². The van der Waals surface area contributed by atoms with E-state index in [0.29, 0.717) is 5.91 Å². The summed E-state index contributed by atoms with van der Waals surface area (Å²) in [5.74, 6) is 0.579. The Morgan fingerprint density at radius 2 is 2.08 bits per heavy atom. The molecular formula is C11H19NO. The summed E-state index contributed by atoms with van der Waals surface area (Å²) >= 11 is 0. The number of carbonyl (C=O) groups is 1. The molecule has 1 atom stereocenters. The zero-order valence-corrected chi connectivity index (χ0v) is 8.81. The van der Waals surface area contributed by atoms with Gasteiger partial charge in [-0.1, -0.05) is 20.8 Å². The van der Waals surface area contributed by atoms with Crippen molar-refractivity contribution in [2.45, 2.75) is 52.0 Å². The highest BCUT2D eigenvalue weighted by Crippen LogP contribution is 2.47. The Balaban J connectivity index is 1.97. The van der Waals surface area contributed by atoms with Gasteiger partial charge in [-0.3, -0.25) is 4.79 Å². The molecule has 0 aromatic rings. The number of hydrogen-bond donors (Lipinski definition) is 1. The van der Waals surface area contributed by atoms with Crippen molar-refractivity contribution >= 4 is 5.91 Å². The lowest BCUT2D eigenvalue weighted by Crippen LogP contribution is -2.28. The van der Waals surface area contributed by atoms with Gasteiger partial charge in [0.15, 0.2) is 0 Å². The van der Waals surface area contributed by atoms with E-state index in [4.69, 9.17) is 0 Å². The highest BCUT2D eigenvalue weighted by molar-refractivity contribution is 5.82. The van der Waals surface area contributed by atoms with Crippen molar-refractivity contribution in [3.63, 3.8) is 0 Å². The lowest BCUT2D eigenvalue weighted by Gasteiger charge is -2.21. The molecule has 1 spiro atoms. The summed E-state index contributed by atoms with van der Waals surface area (Å²) in [6.07, 6.45) is 4.53. The molecule has 2 heteroatoms. The summed E-state index contributed by atoms with van der Waals surface area (Å²) in [7, 11) is 0. The van der Waals surface area contributed by atoms with Gasteiger partial charge in [-0.15, -0.1) is 0 Å². The standard InChI is InChI=1S/C11H19NO/c1-10(2,3)6-8-7-11(4-5-11)12-9(8)13/h8H,4-7H2,1-3H3,(H,12,13). The second kappa shape index (κ2) is 2.49. The molecule has 1 saturated carbocycles. The lowest BCUT2D eigenvalue weighted by atomic mass is 9.83. The SMILES string of the molecule is CC(C)(C)CC1CC2(CC2)NC1=O. The van der Waals surface area contributed by atoms with E-state index in [9.17, 15) is 4.79 Å². The zero-order chi connectivity index (χ0) is 9.69. The minimum Gasteiger partial charge on any atom is -0.350 e. The van der Waals surface area contributed by atoms with Gasteiger partial charge in [0, 0.05) is 11.5 Å². The smallest absolute Gasteiger partial charge is 0.223 e. The van der Waals surface area contributed by atoms with Crippen molar-refractivity contribution in [2.75, 3.05) is 0 Å². The van der Waals surface area contributed by atoms with Crippen molar-refractivity contribution in [3.05, 3.63) is 0 Å². The molecule has 1 N–H and O–H groups in total. The summed E-state index contributed by atoms with van der Waals surface area (Å²) in [4.78, 5) is 11.6. The molecule has 1 saturated heterocycles. The molecule has 1 heterocycles. The normalized spacial score (nSPS) is 30.7. The van der Waals surface area contributed by atoms with Crippen LogP contribution in [0.4, 0.5) is 0 Å². The fourth-order valence-electron chi connectivity index (χ4n) is 2.36. The summed E-state index contributed by atoms with van der Waals surface area (Å²) in [5, 5.41) is 3.14. The minimum atomic E-state index is 0.257. The lowest BCUT2D eigenvalue weighted by molar-refractivity contribution is -0.123. The van der Waals surface area contributed by atoms with Crippen LogP contribution in [-0.4, -0.2) is 11.4 Å². The van der Waals surface area contributed by atoms with Crippen molar-refractivity contribution < 1.29 is 4.79 Å². The van der Waals surface area contributed by atoms with Gasteiger partial charge in [0.2, 0.25) is 5.91 Å². The van der Waals surface area contributed by atoms with Crippen molar-refractivity contribution in [1.82, 2.24) is 5.32 Å². The monoisotopic (exact) mass is 181 g/mol. The molecule has 0 aromatic heterocycles. The molecule has 2 nitrogen and oxygen atoms in total. The first-order valence-corrected chi connectivity index (χ1v) is 5.22. The second-order valence-corrected chi connectivity index (χ2v) is 5.94. The zero-order valence-electron chi connectivity index (χ0n) is 8.81. The molecule has 74 valence electrons. The Labute approximate surface area is 80.1 Å². The Morgan fingerprint density at radius 1 is 1.46 bits per heavy atom. The maximum atomic E-state index is 11.6. The molecule has 2 aliphatic rings. The number of nitrogens with one attached hydrogen (secondary N) is 1. The van der Waals surface area contributed by atoms with E-state index in [1.165, 1.54) is 12.8 Å². The van der Waals surface area contributed by atoms with Crippen LogP contribution in [0.2, 0.25) is 0 Å². The second-order valence-electron chi connectivity index (χ2n) is 5.94. The minimum absolute atomic E-state index is 0.257. The van der Waals surface area contributed by atoms with Crippen LogP contribution in [0.1, 0.15) is 46.5 Å². The van der Waals surface area contributed by atoms with Gasteiger partial charge >= 0.3 is 0 Å². The summed E-state index contributed by atoms with van der Waals surface area (Å²) in [5.41, 5.74) is 0.537. The van der Waals surface area contributed by atoms with Gasteiger partial charge in [0.1, 0.15) is 0 Å². The maximum absolute atomic E-state index is 11.6. The van der Waals surface area contributed by atoms with Gasteiger partial charge in [-0.05, 0) is 31.1 Å². The number of amides is 1. The third-order valence-electron chi connectivity index (χ3n) is 3.11. The molecule has 2 rings (SSSR count). The Kier molecular flexibility index (Phi) is 1.73. The maximum Gasteiger partial charge on any atom is 0.223 e. The van der Waals surface area contributed by atoms with Crippen molar-refractivity contribution in [2.24, 2.45) is 11.3 Å². The molecule has 0 bridgehead atoms. The Bertz CT molecular complexity index is 235. The predicted octanol–water partition coefficient (Wildman–Crippen LogP) is 2.09. The van der Waals surface area contributed by atoms with Crippen LogP contribution in [-0.2, 0) is 4.79 Å². The van der Waals surface area contributed by atoms with E-state index in [1.807, 2.05) is 0 Å². The van der Waals surface area contributed by atoms with Gasteiger partial charge in [0.05, 0.1) is 0 Å². The molecule has 1 aliphatic carbocycles. The van der Waals surface area contributed by atoms with Crippen LogP contribution in [0.25, 0.3) is 0 Å². The Hall–Kier alpha value is -0.530.